The predicted molar refractivity (Wildman–Crippen MR) is 195 cm³/mol. The number of ether oxygens (including phenoxy) is 1. The molecule has 2 aliphatic rings. The molecule has 0 spiro atoms. The summed E-state index contributed by atoms with van der Waals surface area (Å²) in [6.45, 7) is 2.11. The molecular weight excluding hydrogens is 656 g/mol. The molecule has 5 aromatic carbocycles. The number of hydrogen-bond acceptors (Lipinski definition) is 7. The van der Waals surface area contributed by atoms with Crippen molar-refractivity contribution in [3.8, 4) is 11.4 Å². The molecule has 9 heteroatoms. The Hall–Kier alpha value is -4.63. The molecule has 238 valence electrons. The van der Waals surface area contributed by atoms with E-state index in [1.165, 1.54) is 5.56 Å². The summed E-state index contributed by atoms with van der Waals surface area (Å²) in [7, 11) is 1.67. The minimum Gasteiger partial charge on any atom is -0.497 e. The first-order chi connectivity index (χ1) is 23.5. The van der Waals surface area contributed by atoms with Crippen molar-refractivity contribution in [2.75, 3.05) is 12.0 Å². The molecule has 6 nitrogen and oxygen atoms in total. The fourth-order valence-electron chi connectivity index (χ4n) is 6.42. The van der Waals surface area contributed by atoms with Crippen LogP contribution >= 0.6 is 35.1 Å². The van der Waals surface area contributed by atoms with E-state index in [0.29, 0.717) is 11.4 Å². The number of benzene rings is 5. The molecule has 0 N–H and O–H groups in total. The molecule has 48 heavy (non-hydrogen) atoms. The topological polar surface area (TPSA) is 51.9 Å². The summed E-state index contributed by atoms with van der Waals surface area (Å²) in [5.74, 6) is 1.51. The predicted octanol–water partition coefficient (Wildman–Crippen LogP) is 10.3. The van der Waals surface area contributed by atoms with Crippen LogP contribution in [-0.4, -0.2) is 22.7 Å². The molecule has 2 unspecified atom stereocenters. The third-order valence-electron chi connectivity index (χ3n) is 8.68. The number of methoxy groups -OCH3 is 1. The Kier molecular flexibility index (Phi) is 8.16. The van der Waals surface area contributed by atoms with Crippen LogP contribution in [0.1, 0.15) is 34.1 Å². The van der Waals surface area contributed by atoms with Crippen LogP contribution in [0.3, 0.4) is 0 Å². The van der Waals surface area contributed by atoms with Gasteiger partial charge < -0.3 is 9.57 Å². The summed E-state index contributed by atoms with van der Waals surface area (Å²) in [5.41, 5.74) is 5.11. The zero-order valence-electron chi connectivity index (χ0n) is 26.3. The number of halogens is 1. The second kappa shape index (κ2) is 12.8. The molecule has 0 bridgehead atoms. The lowest BCUT2D eigenvalue weighted by molar-refractivity contribution is -0.0284. The monoisotopic (exact) mass is 686 g/mol. The van der Waals surface area contributed by atoms with Crippen LogP contribution in [0.15, 0.2) is 153 Å². The Morgan fingerprint density at radius 3 is 2.27 bits per heavy atom. The molecule has 1 aromatic heterocycles. The maximum absolute atomic E-state index is 6.76. The molecule has 0 saturated carbocycles. The second-order valence-corrected chi connectivity index (χ2v) is 14.3. The maximum Gasteiger partial charge on any atom is 0.242 e. The summed E-state index contributed by atoms with van der Waals surface area (Å²) in [4.78, 5) is 11.3. The lowest BCUT2D eigenvalue weighted by atomic mass is 9.92. The number of anilines is 1. The van der Waals surface area contributed by atoms with Gasteiger partial charge in [-0.1, -0.05) is 89.2 Å². The number of thioether (sulfide) groups is 1. The van der Waals surface area contributed by atoms with Crippen LogP contribution in [0.25, 0.3) is 5.69 Å². The van der Waals surface area contributed by atoms with Gasteiger partial charge in [-0.2, -0.15) is 5.10 Å². The van der Waals surface area contributed by atoms with E-state index in [4.69, 9.17) is 31.4 Å². The standard InChI is InChI=1S/C39H31ClN4O2S2/c1-26-36(38(47-32-13-7-4-8-14-32)44(41-26)30-11-5-3-6-12-30)35-25-39(28-19-21-29(40)22-20-28)43(33-15-9-10-16-34(33)48-35)37(42-46-39)27-17-23-31(45-2)24-18-27/h3-24,35H,25H2,1-2H3. The Bertz CT molecular complexity index is 2100. The van der Waals surface area contributed by atoms with Crippen molar-refractivity contribution >= 4 is 46.6 Å². The smallest absolute Gasteiger partial charge is 0.242 e. The van der Waals surface area contributed by atoms with Crippen LogP contribution in [0.2, 0.25) is 5.02 Å². The van der Waals surface area contributed by atoms with E-state index in [2.05, 4.69) is 101 Å². The van der Waals surface area contributed by atoms with Gasteiger partial charge in [0.2, 0.25) is 5.72 Å². The van der Waals surface area contributed by atoms with Gasteiger partial charge in [-0.15, -0.1) is 11.8 Å². The number of aryl methyl sites for hydroxylation is 1. The van der Waals surface area contributed by atoms with E-state index < -0.39 is 5.72 Å². The number of hydrogen-bond donors (Lipinski definition) is 0. The van der Waals surface area contributed by atoms with E-state index >= 15 is 0 Å². The average molecular weight is 687 g/mol. The average Bonchev–Trinajstić information content (AvgIpc) is 3.62. The summed E-state index contributed by atoms with van der Waals surface area (Å²) in [5, 5.41) is 11.7. The zero-order valence-corrected chi connectivity index (χ0v) is 28.7. The van der Waals surface area contributed by atoms with Crippen LogP contribution < -0.4 is 9.64 Å². The lowest BCUT2D eigenvalue weighted by Gasteiger charge is -2.38. The number of fused-ring (bicyclic) bond motifs is 3. The van der Waals surface area contributed by atoms with Gasteiger partial charge in [0.05, 0.1) is 24.2 Å². The Morgan fingerprint density at radius 1 is 0.854 bits per heavy atom. The molecule has 6 aromatic rings. The third-order valence-corrected chi connectivity index (χ3v) is 11.3. The molecule has 2 aliphatic heterocycles. The summed E-state index contributed by atoms with van der Waals surface area (Å²) in [6.07, 6.45) is 0.584. The summed E-state index contributed by atoms with van der Waals surface area (Å²) >= 11 is 10.0. The van der Waals surface area contributed by atoms with Crippen molar-refractivity contribution in [3.63, 3.8) is 0 Å². The van der Waals surface area contributed by atoms with Gasteiger partial charge in [0.15, 0.2) is 5.84 Å². The van der Waals surface area contributed by atoms with Crippen molar-refractivity contribution in [1.82, 2.24) is 9.78 Å². The van der Waals surface area contributed by atoms with Gasteiger partial charge in [-0.3, -0.25) is 4.90 Å². The maximum atomic E-state index is 6.76. The van der Waals surface area contributed by atoms with Gasteiger partial charge in [-0.25, -0.2) is 4.68 Å². The van der Waals surface area contributed by atoms with Crippen molar-refractivity contribution in [2.24, 2.45) is 5.16 Å². The van der Waals surface area contributed by atoms with Crippen molar-refractivity contribution < 1.29 is 9.57 Å². The van der Waals surface area contributed by atoms with Crippen LogP contribution in [0, 0.1) is 6.92 Å². The largest absolute Gasteiger partial charge is 0.497 e. The van der Waals surface area contributed by atoms with Gasteiger partial charge >= 0.3 is 0 Å². The first-order valence-electron chi connectivity index (χ1n) is 15.6. The zero-order chi connectivity index (χ0) is 32.7. The van der Waals surface area contributed by atoms with Gasteiger partial charge in [0, 0.05) is 43.2 Å². The number of rotatable bonds is 7. The fraction of sp³-hybridized carbons (Fsp3) is 0.128. The lowest BCUT2D eigenvalue weighted by Crippen LogP contribution is -2.47. The summed E-state index contributed by atoms with van der Waals surface area (Å²) in [6, 6.07) is 45.3. The highest BCUT2D eigenvalue weighted by Gasteiger charge is 2.53. The van der Waals surface area contributed by atoms with Crippen molar-refractivity contribution in [3.05, 3.63) is 161 Å². The number of nitrogens with zero attached hydrogens (tertiary/aromatic N) is 4. The molecule has 3 heterocycles. The number of aromatic nitrogens is 2. The first kappa shape index (κ1) is 30.7. The quantitative estimate of drug-likeness (QED) is 0.167. The molecule has 0 saturated heterocycles. The SMILES string of the molecule is COc1ccc(C2=NOC3(c4ccc(Cl)cc4)CC(c4c(C)nn(-c5ccccc5)c4Sc4ccccc4)Sc4ccccc4N23)cc1. The molecule has 0 radical (unpaired) electrons. The normalized spacial score (nSPS) is 18.4. The fourth-order valence-corrected chi connectivity index (χ4v) is 9.22. The van der Waals surface area contributed by atoms with E-state index in [1.54, 1.807) is 18.9 Å². The van der Waals surface area contributed by atoms with E-state index in [1.807, 2.05) is 60.3 Å². The van der Waals surface area contributed by atoms with E-state index in [-0.39, 0.29) is 5.25 Å². The Labute approximate surface area is 293 Å². The van der Waals surface area contributed by atoms with Crippen LogP contribution in [-0.2, 0) is 10.6 Å². The molecule has 2 atom stereocenters. The number of para-hydroxylation sites is 2. The van der Waals surface area contributed by atoms with Crippen molar-refractivity contribution in [1.29, 1.82) is 0 Å². The molecule has 0 fully saturated rings. The van der Waals surface area contributed by atoms with Crippen molar-refractivity contribution in [2.45, 2.75) is 39.1 Å². The number of oxime groups is 1. The Balaban J connectivity index is 1.33. The molecule has 0 aliphatic carbocycles. The van der Waals surface area contributed by atoms with Gasteiger partial charge in [0.1, 0.15) is 10.8 Å². The Morgan fingerprint density at radius 2 is 1.54 bits per heavy atom. The highest BCUT2D eigenvalue weighted by Crippen LogP contribution is 2.58. The molecular formula is C39H31ClN4O2S2. The van der Waals surface area contributed by atoms with E-state index in [9.17, 15) is 0 Å². The third kappa shape index (κ3) is 5.44. The number of amidine groups is 1. The minimum atomic E-state index is -0.972. The molecule has 0 amide bonds. The van der Waals surface area contributed by atoms with Gasteiger partial charge in [-0.05, 0) is 79.7 Å². The van der Waals surface area contributed by atoms with Gasteiger partial charge in [0.25, 0.3) is 0 Å². The highest BCUT2D eigenvalue weighted by molar-refractivity contribution is 8.00. The molecule has 8 rings (SSSR count). The van der Waals surface area contributed by atoms with Crippen LogP contribution in [0.5, 0.6) is 5.75 Å². The minimum absolute atomic E-state index is 0.0547. The first-order valence-corrected chi connectivity index (χ1v) is 17.7. The van der Waals surface area contributed by atoms with Crippen LogP contribution in [0.4, 0.5) is 5.69 Å². The summed E-state index contributed by atoms with van der Waals surface area (Å²) < 4.78 is 7.55. The second-order valence-electron chi connectivity index (χ2n) is 11.6. The highest BCUT2D eigenvalue weighted by atomic mass is 35.5. The van der Waals surface area contributed by atoms with E-state index in [0.717, 1.165) is 54.6 Å².